The normalized spacial score (nSPS) is 17.8. The van der Waals surface area contributed by atoms with Gasteiger partial charge in [0.25, 0.3) is 0 Å². The molecule has 1 fully saturated rings. The van der Waals surface area contributed by atoms with Crippen molar-refractivity contribution in [2.45, 2.75) is 39.4 Å². The molecule has 1 aromatic carbocycles. The third-order valence-corrected chi connectivity index (χ3v) is 5.25. The van der Waals surface area contributed by atoms with Crippen LogP contribution in [-0.2, 0) is 19.6 Å². The van der Waals surface area contributed by atoms with E-state index in [1.165, 1.54) is 37.1 Å². The maximum absolute atomic E-state index is 4.35. The monoisotopic (exact) mass is 495 g/mol. The molecule has 0 radical (unpaired) electrons. The molecule has 0 amide bonds. The molecule has 2 N–H and O–H groups in total. The number of hydrogen-bond donors (Lipinski definition) is 2. The Bertz CT molecular complexity index is 713. The number of benzene rings is 1. The van der Waals surface area contributed by atoms with Crippen molar-refractivity contribution in [2.24, 2.45) is 10.9 Å². The van der Waals surface area contributed by atoms with Crippen molar-refractivity contribution in [1.82, 2.24) is 20.1 Å². The van der Waals surface area contributed by atoms with E-state index in [-0.39, 0.29) is 24.0 Å². The zero-order valence-electron chi connectivity index (χ0n) is 17.1. The van der Waals surface area contributed by atoms with Gasteiger partial charge in [0.2, 0.25) is 0 Å². The van der Waals surface area contributed by atoms with Crippen molar-refractivity contribution in [3.63, 3.8) is 0 Å². The second kappa shape index (κ2) is 12.1. The zero-order chi connectivity index (χ0) is 18.9. The Morgan fingerprint density at radius 3 is 2.57 bits per heavy atom. The predicted octanol–water partition coefficient (Wildman–Crippen LogP) is 3.70. The van der Waals surface area contributed by atoms with Gasteiger partial charge in [-0.05, 0) is 48.6 Å². The molecule has 28 heavy (non-hydrogen) atoms. The molecule has 2 aromatic rings. The second-order valence-electron chi connectivity index (χ2n) is 7.52. The van der Waals surface area contributed by atoms with Gasteiger partial charge in [0, 0.05) is 52.2 Å². The van der Waals surface area contributed by atoms with Crippen LogP contribution in [0.3, 0.4) is 0 Å². The summed E-state index contributed by atoms with van der Waals surface area (Å²) >= 11 is 0. The Kier molecular flexibility index (Phi) is 9.84. The zero-order valence-corrected chi connectivity index (χ0v) is 19.4. The lowest BCUT2D eigenvalue weighted by Crippen LogP contribution is -2.38. The van der Waals surface area contributed by atoms with Crippen molar-refractivity contribution in [3.8, 4) is 0 Å². The lowest BCUT2D eigenvalue weighted by Gasteiger charge is -2.31. The number of hydrogen-bond acceptors (Lipinski definition) is 2. The van der Waals surface area contributed by atoms with Crippen LogP contribution in [0.4, 0.5) is 0 Å². The molecule has 0 bridgehead atoms. The summed E-state index contributed by atoms with van der Waals surface area (Å²) < 4.78 is 2.16. The maximum Gasteiger partial charge on any atom is 0.191 e. The molecule has 1 aliphatic rings. The van der Waals surface area contributed by atoms with Gasteiger partial charge in [0.15, 0.2) is 5.96 Å². The van der Waals surface area contributed by atoms with Gasteiger partial charge >= 0.3 is 0 Å². The van der Waals surface area contributed by atoms with Gasteiger partial charge in [-0.25, -0.2) is 0 Å². The van der Waals surface area contributed by atoms with E-state index in [2.05, 4.69) is 68.7 Å². The Hall–Kier alpha value is -1.54. The molecule has 1 saturated heterocycles. The minimum atomic E-state index is 0. The molecule has 1 atom stereocenters. The van der Waals surface area contributed by atoms with Crippen LogP contribution in [-0.4, -0.2) is 42.1 Å². The van der Waals surface area contributed by atoms with Gasteiger partial charge in [-0.3, -0.25) is 9.89 Å². The average molecular weight is 495 g/mol. The van der Waals surface area contributed by atoms with Crippen molar-refractivity contribution in [1.29, 1.82) is 0 Å². The highest BCUT2D eigenvalue weighted by atomic mass is 127. The molecule has 1 unspecified atom stereocenters. The lowest BCUT2D eigenvalue weighted by molar-refractivity contribution is 0.176. The van der Waals surface area contributed by atoms with Gasteiger partial charge < -0.3 is 15.2 Å². The largest absolute Gasteiger partial charge is 0.355 e. The number of nitrogens with zero attached hydrogens (tertiary/aromatic N) is 3. The van der Waals surface area contributed by atoms with Crippen molar-refractivity contribution < 1.29 is 0 Å². The number of likely N-dealkylation sites (tertiary alicyclic amines) is 1. The first kappa shape index (κ1) is 22.7. The summed E-state index contributed by atoms with van der Waals surface area (Å²) in [7, 11) is 1.83. The van der Waals surface area contributed by atoms with Crippen LogP contribution in [0, 0.1) is 5.92 Å². The number of aliphatic imine (C=N–C) groups is 1. The summed E-state index contributed by atoms with van der Waals surface area (Å²) in [6.07, 6.45) is 6.84. The number of nitrogens with one attached hydrogen (secondary N) is 2. The maximum atomic E-state index is 4.35. The summed E-state index contributed by atoms with van der Waals surface area (Å²) in [6, 6.07) is 12.9. The molecule has 1 aromatic heterocycles. The summed E-state index contributed by atoms with van der Waals surface area (Å²) in [5, 5.41) is 6.86. The quantitative estimate of drug-likeness (QED) is 0.350. The van der Waals surface area contributed by atoms with Crippen LogP contribution < -0.4 is 10.6 Å². The number of guanidine groups is 1. The molecular weight excluding hydrogens is 461 g/mol. The smallest absolute Gasteiger partial charge is 0.191 e. The summed E-state index contributed by atoms with van der Waals surface area (Å²) in [5.74, 6) is 1.66. The fourth-order valence-corrected chi connectivity index (χ4v) is 3.78. The van der Waals surface area contributed by atoms with Crippen molar-refractivity contribution >= 4 is 29.9 Å². The highest BCUT2D eigenvalue weighted by Gasteiger charge is 2.17. The minimum Gasteiger partial charge on any atom is -0.355 e. The lowest BCUT2D eigenvalue weighted by atomic mass is 9.99. The summed E-state index contributed by atoms with van der Waals surface area (Å²) in [4.78, 5) is 6.95. The minimum absolute atomic E-state index is 0. The Labute approximate surface area is 186 Å². The summed E-state index contributed by atoms with van der Waals surface area (Å²) in [5.41, 5.74) is 2.77. The van der Waals surface area contributed by atoms with Crippen LogP contribution in [0.2, 0.25) is 0 Å². The molecule has 3 rings (SSSR count). The van der Waals surface area contributed by atoms with E-state index in [9.17, 15) is 0 Å². The van der Waals surface area contributed by atoms with Crippen LogP contribution in [0.15, 0.2) is 53.8 Å². The number of halogens is 1. The SMILES string of the molecule is CN=C(NCCn1cccc1)NCc1ccccc1CN1CCCC(C)C1.I. The summed E-state index contributed by atoms with van der Waals surface area (Å²) in [6.45, 7) is 8.41. The number of piperidine rings is 1. The van der Waals surface area contributed by atoms with E-state index < -0.39 is 0 Å². The molecule has 154 valence electrons. The van der Waals surface area contributed by atoms with Crippen molar-refractivity contribution in [2.75, 3.05) is 26.7 Å². The van der Waals surface area contributed by atoms with E-state index in [0.29, 0.717) is 0 Å². The molecule has 0 aliphatic carbocycles. The van der Waals surface area contributed by atoms with Gasteiger partial charge in [0.1, 0.15) is 0 Å². The first-order valence-electron chi connectivity index (χ1n) is 10.1. The second-order valence-corrected chi connectivity index (χ2v) is 7.52. The van der Waals surface area contributed by atoms with Gasteiger partial charge in [-0.1, -0.05) is 31.2 Å². The van der Waals surface area contributed by atoms with Crippen molar-refractivity contribution in [3.05, 3.63) is 59.9 Å². The number of rotatable bonds is 7. The topological polar surface area (TPSA) is 44.6 Å². The molecule has 1 aliphatic heterocycles. The first-order valence-corrected chi connectivity index (χ1v) is 10.1. The van der Waals surface area contributed by atoms with Gasteiger partial charge in [-0.15, -0.1) is 24.0 Å². The molecule has 5 nitrogen and oxygen atoms in total. The molecule has 0 spiro atoms. The Morgan fingerprint density at radius 1 is 1.11 bits per heavy atom. The van der Waals surface area contributed by atoms with Crippen LogP contribution in [0.25, 0.3) is 0 Å². The first-order chi connectivity index (χ1) is 13.2. The Morgan fingerprint density at radius 2 is 1.86 bits per heavy atom. The van der Waals surface area contributed by atoms with E-state index in [0.717, 1.165) is 38.1 Å². The van der Waals surface area contributed by atoms with Crippen LogP contribution in [0.5, 0.6) is 0 Å². The Balaban J connectivity index is 0.00000280. The van der Waals surface area contributed by atoms with E-state index >= 15 is 0 Å². The van der Waals surface area contributed by atoms with Gasteiger partial charge in [-0.2, -0.15) is 0 Å². The predicted molar refractivity (Wildman–Crippen MR) is 128 cm³/mol. The number of aromatic nitrogens is 1. The highest BCUT2D eigenvalue weighted by Crippen LogP contribution is 2.19. The highest BCUT2D eigenvalue weighted by molar-refractivity contribution is 14.0. The third kappa shape index (κ3) is 7.13. The fourth-order valence-electron chi connectivity index (χ4n) is 3.78. The van der Waals surface area contributed by atoms with E-state index in [1.807, 2.05) is 19.2 Å². The molecular formula is C22H34IN5. The van der Waals surface area contributed by atoms with Gasteiger partial charge in [0.05, 0.1) is 0 Å². The van der Waals surface area contributed by atoms with Crippen LogP contribution in [0.1, 0.15) is 30.9 Å². The molecule has 2 heterocycles. The standard InChI is InChI=1S/C22H33N5.HI/c1-19-8-7-14-27(17-19)18-21-10-4-3-9-20(21)16-25-22(23-2)24-11-15-26-12-5-6-13-26;/h3-6,9-10,12-13,19H,7-8,11,14-18H2,1-2H3,(H2,23,24,25);1H. The fraction of sp³-hybridized carbons (Fsp3) is 0.500. The van der Waals surface area contributed by atoms with E-state index in [4.69, 9.17) is 0 Å². The third-order valence-electron chi connectivity index (χ3n) is 5.25. The average Bonchev–Trinajstić information content (AvgIpc) is 3.19. The van der Waals surface area contributed by atoms with E-state index in [1.54, 1.807) is 0 Å². The molecule has 6 heteroatoms. The molecule has 0 saturated carbocycles. The van der Waals surface area contributed by atoms with Crippen LogP contribution >= 0.6 is 24.0 Å².